The second-order valence-corrected chi connectivity index (χ2v) is 3.13. The molecule has 1 rings (SSSR count). The molecule has 0 unspecified atom stereocenters. The van der Waals surface area contributed by atoms with Crippen molar-refractivity contribution in [2.75, 3.05) is 0 Å². The SMILES string of the molecule is C=C(C)C(=O)Oc1ccc([O-])c(C(=O)O)c1. The Labute approximate surface area is 91.6 Å². The summed E-state index contributed by atoms with van der Waals surface area (Å²) in [6, 6.07) is 3.27. The zero-order valence-electron chi connectivity index (χ0n) is 8.52. The van der Waals surface area contributed by atoms with E-state index in [9.17, 15) is 14.7 Å². The van der Waals surface area contributed by atoms with E-state index in [4.69, 9.17) is 9.84 Å². The van der Waals surface area contributed by atoms with Gasteiger partial charge in [0.05, 0.1) is 5.56 Å². The number of hydrogen-bond donors (Lipinski definition) is 1. The quantitative estimate of drug-likeness (QED) is 0.466. The van der Waals surface area contributed by atoms with E-state index in [2.05, 4.69) is 6.58 Å². The number of ether oxygens (including phenoxy) is 1. The predicted molar refractivity (Wildman–Crippen MR) is 53.3 cm³/mol. The second kappa shape index (κ2) is 4.48. The van der Waals surface area contributed by atoms with Crippen LogP contribution in [-0.4, -0.2) is 17.0 Å². The Bertz CT molecular complexity index is 461. The maximum absolute atomic E-state index is 11.1. The molecule has 0 saturated carbocycles. The van der Waals surface area contributed by atoms with Crippen LogP contribution in [0.15, 0.2) is 30.4 Å². The molecule has 0 radical (unpaired) electrons. The zero-order chi connectivity index (χ0) is 12.3. The first-order valence-electron chi connectivity index (χ1n) is 4.34. The lowest BCUT2D eigenvalue weighted by Crippen LogP contribution is -2.10. The van der Waals surface area contributed by atoms with E-state index in [-0.39, 0.29) is 11.3 Å². The summed E-state index contributed by atoms with van der Waals surface area (Å²) in [4.78, 5) is 21.8. The average Bonchev–Trinajstić information content (AvgIpc) is 2.20. The molecule has 1 aromatic carbocycles. The fraction of sp³-hybridized carbons (Fsp3) is 0.0909. The third kappa shape index (κ3) is 2.60. The van der Waals surface area contributed by atoms with Crippen LogP contribution in [-0.2, 0) is 4.79 Å². The number of aromatic carboxylic acids is 1. The van der Waals surface area contributed by atoms with Crippen molar-refractivity contribution in [3.63, 3.8) is 0 Å². The van der Waals surface area contributed by atoms with Crippen molar-refractivity contribution in [3.05, 3.63) is 35.9 Å². The summed E-state index contributed by atoms with van der Waals surface area (Å²) in [6.07, 6.45) is 0. The Balaban J connectivity index is 3.00. The zero-order valence-corrected chi connectivity index (χ0v) is 8.52. The van der Waals surface area contributed by atoms with Crippen LogP contribution in [0.4, 0.5) is 0 Å². The van der Waals surface area contributed by atoms with Gasteiger partial charge in [-0.05, 0) is 19.1 Å². The van der Waals surface area contributed by atoms with E-state index in [1.165, 1.54) is 13.0 Å². The molecule has 0 heterocycles. The third-order valence-corrected chi connectivity index (χ3v) is 1.74. The molecule has 0 spiro atoms. The van der Waals surface area contributed by atoms with Crippen LogP contribution in [0, 0.1) is 0 Å². The molecule has 84 valence electrons. The maximum atomic E-state index is 11.1. The molecule has 5 nitrogen and oxygen atoms in total. The summed E-state index contributed by atoms with van der Waals surface area (Å²) in [5.74, 6) is -2.67. The Morgan fingerprint density at radius 3 is 2.56 bits per heavy atom. The smallest absolute Gasteiger partial charge is 0.338 e. The maximum Gasteiger partial charge on any atom is 0.338 e. The summed E-state index contributed by atoms with van der Waals surface area (Å²) in [7, 11) is 0. The van der Waals surface area contributed by atoms with Crippen LogP contribution < -0.4 is 9.84 Å². The molecular formula is C11H9O5-. The van der Waals surface area contributed by atoms with Crippen LogP contribution in [0.1, 0.15) is 17.3 Å². The van der Waals surface area contributed by atoms with E-state index in [0.717, 1.165) is 12.1 Å². The van der Waals surface area contributed by atoms with Crippen molar-refractivity contribution in [1.82, 2.24) is 0 Å². The van der Waals surface area contributed by atoms with Gasteiger partial charge in [0.25, 0.3) is 0 Å². The lowest BCUT2D eigenvalue weighted by Gasteiger charge is -2.11. The van der Waals surface area contributed by atoms with Gasteiger partial charge in [0.1, 0.15) is 5.75 Å². The van der Waals surface area contributed by atoms with Gasteiger partial charge in [-0.2, -0.15) is 0 Å². The molecule has 5 heteroatoms. The first-order valence-corrected chi connectivity index (χ1v) is 4.34. The molecular weight excluding hydrogens is 212 g/mol. The van der Waals surface area contributed by atoms with Gasteiger partial charge in [0, 0.05) is 5.57 Å². The number of rotatable bonds is 3. The lowest BCUT2D eigenvalue weighted by atomic mass is 10.2. The Morgan fingerprint density at radius 2 is 2.06 bits per heavy atom. The highest BCUT2D eigenvalue weighted by atomic mass is 16.5. The predicted octanol–water partition coefficient (Wildman–Crippen LogP) is 0.940. The highest BCUT2D eigenvalue weighted by Gasteiger charge is 2.09. The fourth-order valence-electron chi connectivity index (χ4n) is 0.934. The van der Waals surface area contributed by atoms with Crippen LogP contribution in [0.3, 0.4) is 0 Å². The third-order valence-electron chi connectivity index (χ3n) is 1.74. The number of carboxylic acid groups (broad SMARTS) is 1. The number of esters is 1. The largest absolute Gasteiger partial charge is 0.872 e. The normalized spacial score (nSPS) is 9.56. The topological polar surface area (TPSA) is 86.7 Å². The Kier molecular flexibility index (Phi) is 3.30. The van der Waals surface area contributed by atoms with E-state index in [1.807, 2.05) is 0 Å². The molecule has 0 aliphatic rings. The van der Waals surface area contributed by atoms with Crippen molar-refractivity contribution >= 4 is 11.9 Å². The highest BCUT2D eigenvalue weighted by molar-refractivity contribution is 5.92. The molecule has 1 aromatic rings. The van der Waals surface area contributed by atoms with Gasteiger partial charge in [-0.3, -0.25) is 0 Å². The van der Waals surface area contributed by atoms with Gasteiger partial charge in [-0.1, -0.05) is 18.4 Å². The summed E-state index contributed by atoms with van der Waals surface area (Å²) < 4.78 is 4.78. The van der Waals surface area contributed by atoms with E-state index >= 15 is 0 Å². The summed E-state index contributed by atoms with van der Waals surface area (Å²) in [6.45, 7) is 4.83. The van der Waals surface area contributed by atoms with Gasteiger partial charge in [0.2, 0.25) is 0 Å². The second-order valence-electron chi connectivity index (χ2n) is 3.13. The number of benzene rings is 1. The van der Waals surface area contributed by atoms with Gasteiger partial charge >= 0.3 is 11.9 Å². The van der Waals surface area contributed by atoms with Crippen LogP contribution in [0.2, 0.25) is 0 Å². The van der Waals surface area contributed by atoms with Crippen molar-refractivity contribution in [3.8, 4) is 11.5 Å². The minimum absolute atomic E-state index is 0.00463. The number of hydrogen-bond acceptors (Lipinski definition) is 4. The summed E-state index contributed by atoms with van der Waals surface area (Å²) in [5.41, 5.74) is -0.255. The average molecular weight is 221 g/mol. The minimum atomic E-state index is -1.36. The monoisotopic (exact) mass is 221 g/mol. The molecule has 0 bridgehead atoms. The van der Waals surface area contributed by atoms with Gasteiger partial charge in [-0.15, -0.1) is 0 Å². The van der Waals surface area contributed by atoms with Crippen molar-refractivity contribution < 1.29 is 24.5 Å². The van der Waals surface area contributed by atoms with Gasteiger partial charge < -0.3 is 14.9 Å². The molecule has 0 aliphatic heterocycles. The summed E-state index contributed by atoms with van der Waals surface area (Å²) in [5, 5.41) is 19.8. The van der Waals surface area contributed by atoms with E-state index < -0.39 is 23.3 Å². The van der Waals surface area contributed by atoms with Crippen LogP contribution in [0.25, 0.3) is 0 Å². The molecule has 0 fully saturated rings. The Hall–Kier alpha value is -2.30. The molecule has 1 N–H and O–H groups in total. The Morgan fingerprint density at radius 1 is 1.44 bits per heavy atom. The van der Waals surface area contributed by atoms with Crippen molar-refractivity contribution in [2.24, 2.45) is 0 Å². The van der Waals surface area contributed by atoms with Crippen LogP contribution in [0.5, 0.6) is 11.5 Å². The van der Waals surface area contributed by atoms with E-state index in [1.54, 1.807) is 0 Å². The minimum Gasteiger partial charge on any atom is -0.872 e. The molecule has 0 saturated heterocycles. The molecule has 16 heavy (non-hydrogen) atoms. The fourth-order valence-corrected chi connectivity index (χ4v) is 0.934. The number of carboxylic acids is 1. The lowest BCUT2D eigenvalue weighted by molar-refractivity contribution is -0.268. The molecule has 0 amide bonds. The standard InChI is InChI=1S/C11H10O5/c1-6(2)11(15)16-7-3-4-9(12)8(5-7)10(13)14/h3-5,12H,1H2,2H3,(H,13,14)/p-1. The van der Waals surface area contributed by atoms with Crippen LogP contribution >= 0.6 is 0 Å². The molecule has 0 aliphatic carbocycles. The molecule has 0 aromatic heterocycles. The number of carbonyl (C=O) groups is 2. The highest BCUT2D eigenvalue weighted by Crippen LogP contribution is 2.21. The molecule has 0 atom stereocenters. The number of carbonyl (C=O) groups excluding carboxylic acids is 1. The van der Waals surface area contributed by atoms with Gasteiger partial charge in [-0.25, -0.2) is 9.59 Å². The van der Waals surface area contributed by atoms with E-state index in [0.29, 0.717) is 0 Å². The van der Waals surface area contributed by atoms with Crippen molar-refractivity contribution in [1.29, 1.82) is 0 Å². The summed E-state index contributed by atoms with van der Waals surface area (Å²) >= 11 is 0. The first-order chi connectivity index (χ1) is 7.41. The van der Waals surface area contributed by atoms with Crippen molar-refractivity contribution in [2.45, 2.75) is 6.92 Å². The van der Waals surface area contributed by atoms with Gasteiger partial charge in [0.15, 0.2) is 0 Å². The first kappa shape index (κ1) is 11.8.